The summed E-state index contributed by atoms with van der Waals surface area (Å²) in [6, 6.07) is 8.42. The molecule has 1 aromatic carbocycles. The van der Waals surface area contributed by atoms with Crippen LogP contribution < -0.4 is 0 Å². The third-order valence-electron chi connectivity index (χ3n) is 4.18. The lowest BCUT2D eigenvalue weighted by Gasteiger charge is -2.24. The normalized spacial score (nSPS) is 13.3. The first-order chi connectivity index (χ1) is 11.9. The Kier molecular flexibility index (Phi) is 11.6. The van der Waals surface area contributed by atoms with Crippen molar-refractivity contribution < 1.29 is 14.1 Å². The minimum Gasteiger partial charge on any atom is -0.466 e. The Bertz CT molecular complexity index is 525. The molecule has 3 nitrogen and oxygen atoms in total. The summed E-state index contributed by atoms with van der Waals surface area (Å²) in [5.74, 6) is 0.763. The quantitative estimate of drug-likeness (QED) is 0.160. The maximum absolute atomic E-state index is 11.5. The highest BCUT2D eigenvalue weighted by atomic mass is 127. The van der Waals surface area contributed by atoms with Crippen LogP contribution in [-0.2, 0) is 20.5 Å². The maximum atomic E-state index is 11.5. The van der Waals surface area contributed by atoms with E-state index >= 15 is 0 Å². The van der Waals surface area contributed by atoms with Gasteiger partial charge in [0.05, 0.1) is 19.2 Å². The Balaban J connectivity index is 2.66. The average Bonchev–Trinajstić information content (AvgIpc) is 2.60. The zero-order chi connectivity index (χ0) is 18.7. The molecule has 1 aromatic rings. The number of esters is 1. The monoisotopic (exact) mass is 496 g/mol. The molecule has 0 bridgehead atoms. The van der Waals surface area contributed by atoms with Crippen LogP contribution in [0.1, 0.15) is 63.7 Å². The van der Waals surface area contributed by atoms with Gasteiger partial charge in [0.15, 0.2) is 0 Å². The first-order valence-electron chi connectivity index (χ1n) is 8.78. The Labute approximate surface area is 172 Å². The summed E-state index contributed by atoms with van der Waals surface area (Å²) in [6.45, 7) is 7.22. The molecule has 0 aliphatic heterocycles. The van der Waals surface area contributed by atoms with Gasteiger partial charge in [-0.25, -0.2) is 0 Å². The molecule has 0 aliphatic rings. The van der Waals surface area contributed by atoms with Gasteiger partial charge in [-0.2, -0.15) is 12.6 Å². The van der Waals surface area contributed by atoms with Crippen LogP contribution in [0.5, 0.6) is 0 Å². The Morgan fingerprint density at radius 1 is 1.40 bits per heavy atom. The van der Waals surface area contributed by atoms with Crippen molar-refractivity contribution in [3.05, 3.63) is 35.4 Å². The van der Waals surface area contributed by atoms with E-state index in [1.807, 2.05) is 6.92 Å². The van der Waals surface area contributed by atoms with E-state index in [-0.39, 0.29) is 17.5 Å². The van der Waals surface area contributed by atoms with Crippen molar-refractivity contribution in [1.82, 2.24) is 0 Å². The molecule has 0 spiro atoms. The summed E-state index contributed by atoms with van der Waals surface area (Å²) in [7, 11) is 0. The Hall–Kier alpha value is 0.160. The zero-order valence-electron chi connectivity index (χ0n) is 15.4. The summed E-state index contributed by atoms with van der Waals surface area (Å²) < 4.78 is 11.0. The van der Waals surface area contributed by atoms with Crippen LogP contribution in [0.2, 0.25) is 0 Å². The number of carbonyl (C=O) groups excluding carboxylic acids is 1. The SMILES string of the molecule is CCOC(=O)CCc1cccc(C(CCCC(C)(C)CS)OPI)c1. The molecule has 6 heteroatoms. The van der Waals surface area contributed by atoms with Gasteiger partial charge in [-0.3, -0.25) is 4.79 Å². The molecule has 0 amide bonds. The van der Waals surface area contributed by atoms with Gasteiger partial charge >= 0.3 is 5.97 Å². The van der Waals surface area contributed by atoms with Crippen molar-refractivity contribution >= 4 is 47.1 Å². The van der Waals surface area contributed by atoms with Gasteiger partial charge in [-0.05, 0) is 76.9 Å². The number of rotatable bonds is 12. The fourth-order valence-corrected chi connectivity index (χ4v) is 4.06. The molecule has 1 rings (SSSR count). The molecule has 2 unspecified atom stereocenters. The van der Waals surface area contributed by atoms with Gasteiger partial charge in [-0.15, -0.1) is 0 Å². The highest BCUT2D eigenvalue weighted by molar-refractivity contribution is 14.2. The topological polar surface area (TPSA) is 35.5 Å². The molecule has 0 saturated heterocycles. The number of thiol groups is 1. The number of ether oxygens (including phenoxy) is 1. The molecule has 0 heterocycles. The van der Waals surface area contributed by atoms with E-state index in [9.17, 15) is 4.79 Å². The van der Waals surface area contributed by atoms with E-state index in [4.69, 9.17) is 9.26 Å². The van der Waals surface area contributed by atoms with Crippen molar-refractivity contribution in [3.63, 3.8) is 0 Å². The van der Waals surface area contributed by atoms with Gasteiger partial charge in [0.25, 0.3) is 0 Å². The Morgan fingerprint density at radius 3 is 2.80 bits per heavy atom. The third kappa shape index (κ3) is 9.60. The fraction of sp³-hybridized carbons (Fsp3) is 0.632. The van der Waals surface area contributed by atoms with E-state index < -0.39 is 0 Å². The van der Waals surface area contributed by atoms with E-state index in [0.29, 0.717) is 25.9 Å². The van der Waals surface area contributed by atoms with Crippen LogP contribution in [0.3, 0.4) is 0 Å². The zero-order valence-corrected chi connectivity index (χ0v) is 19.4. The fourth-order valence-electron chi connectivity index (χ4n) is 2.62. The molecule has 0 radical (unpaired) electrons. The molecule has 0 aliphatic carbocycles. The average molecular weight is 496 g/mol. The molecule has 25 heavy (non-hydrogen) atoms. The predicted molar refractivity (Wildman–Crippen MR) is 119 cm³/mol. The van der Waals surface area contributed by atoms with Gasteiger partial charge in [0.2, 0.25) is 0 Å². The first kappa shape index (κ1) is 23.2. The van der Waals surface area contributed by atoms with E-state index in [1.54, 1.807) is 0 Å². The van der Waals surface area contributed by atoms with Crippen molar-refractivity contribution in [3.8, 4) is 0 Å². The number of halogens is 1. The van der Waals surface area contributed by atoms with Gasteiger partial charge in [-0.1, -0.05) is 38.1 Å². The minimum atomic E-state index is -0.136. The number of aryl methyl sites for hydroxylation is 1. The minimum absolute atomic E-state index is 0.119. The smallest absolute Gasteiger partial charge is 0.306 e. The molecule has 0 aromatic heterocycles. The summed E-state index contributed by atoms with van der Waals surface area (Å²) >= 11 is 6.72. The largest absolute Gasteiger partial charge is 0.466 e. The van der Waals surface area contributed by atoms with Crippen LogP contribution in [0.4, 0.5) is 0 Å². The number of benzene rings is 1. The first-order valence-corrected chi connectivity index (χ1v) is 13.4. The second kappa shape index (κ2) is 12.5. The predicted octanol–water partition coefficient (Wildman–Crippen LogP) is 6.31. The van der Waals surface area contributed by atoms with Gasteiger partial charge < -0.3 is 9.26 Å². The van der Waals surface area contributed by atoms with Crippen LogP contribution >= 0.6 is 41.1 Å². The summed E-state index contributed by atoms with van der Waals surface area (Å²) in [4.78, 5) is 11.5. The van der Waals surface area contributed by atoms with Crippen LogP contribution in [0.15, 0.2) is 24.3 Å². The van der Waals surface area contributed by atoms with Crippen LogP contribution in [0.25, 0.3) is 0 Å². The van der Waals surface area contributed by atoms with Gasteiger partial charge in [0, 0.05) is 6.42 Å². The van der Waals surface area contributed by atoms with Crippen molar-refractivity contribution in [1.29, 1.82) is 0 Å². The van der Waals surface area contributed by atoms with E-state index in [0.717, 1.165) is 30.6 Å². The van der Waals surface area contributed by atoms with Crippen LogP contribution in [-0.4, -0.2) is 18.3 Å². The van der Waals surface area contributed by atoms with Crippen molar-refractivity contribution in [2.75, 3.05) is 12.4 Å². The van der Waals surface area contributed by atoms with Crippen LogP contribution in [0, 0.1) is 5.41 Å². The third-order valence-corrected chi connectivity index (χ3v) is 6.17. The second-order valence-corrected chi connectivity index (χ2v) is 8.98. The van der Waals surface area contributed by atoms with Crippen molar-refractivity contribution in [2.45, 2.75) is 59.0 Å². The van der Waals surface area contributed by atoms with Gasteiger partial charge in [0.1, 0.15) is 0 Å². The maximum Gasteiger partial charge on any atom is 0.306 e. The highest BCUT2D eigenvalue weighted by Crippen LogP contribution is 2.36. The molecular weight excluding hydrogens is 466 g/mol. The summed E-state index contributed by atoms with van der Waals surface area (Å²) in [5.41, 5.74) is 2.63. The molecule has 0 saturated carbocycles. The summed E-state index contributed by atoms with van der Waals surface area (Å²) in [5, 5.41) is 0. The highest BCUT2D eigenvalue weighted by Gasteiger charge is 2.18. The van der Waals surface area contributed by atoms with E-state index in [1.165, 1.54) is 5.56 Å². The summed E-state index contributed by atoms with van der Waals surface area (Å²) in [6.07, 6.45) is 4.52. The lowest BCUT2D eigenvalue weighted by molar-refractivity contribution is -0.143. The standard InChI is InChI=1S/C19H30IO3PS/c1-4-22-18(21)11-10-15-7-5-8-16(13-15)17(23-24-20)9-6-12-19(2,3)14-25/h5,7-8,13,17,24-25H,4,6,9-12,14H2,1-3H3. The molecule has 0 fully saturated rings. The molecule has 2 atom stereocenters. The molecule has 0 N–H and O–H groups in total. The Morgan fingerprint density at radius 2 is 2.16 bits per heavy atom. The number of hydrogen-bond acceptors (Lipinski definition) is 4. The van der Waals surface area contributed by atoms with Crippen molar-refractivity contribution in [2.24, 2.45) is 5.41 Å². The van der Waals surface area contributed by atoms with E-state index in [2.05, 4.69) is 72.8 Å². The molecular formula is C19H30IO3PS. The lowest BCUT2D eigenvalue weighted by Crippen LogP contribution is -2.13. The number of hydrogen-bond donors (Lipinski definition) is 1. The second-order valence-electron chi connectivity index (χ2n) is 6.95. The number of carbonyl (C=O) groups is 1. The molecule has 142 valence electrons. The lowest BCUT2D eigenvalue weighted by atomic mass is 9.88.